The lowest BCUT2D eigenvalue weighted by atomic mass is 10.2. The molecule has 1 aromatic carbocycles. The van der Waals surface area contributed by atoms with Crippen LogP contribution in [0.4, 0.5) is 0 Å². The smallest absolute Gasteiger partial charge is 0.258 e. The molecule has 138 valence electrons. The summed E-state index contributed by atoms with van der Waals surface area (Å²) in [5, 5.41) is 8.49. The maximum absolute atomic E-state index is 12.6. The molecule has 27 heavy (non-hydrogen) atoms. The molecule has 0 unspecified atom stereocenters. The molecule has 0 saturated carbocycles. The molecule has 0 aliphatic carbocycles. The van der Waals surface area contributed by atoms with Gasteiger partial charge in [0.25, 0.3) is 5.56 Å². The average molecular weight is 380 g/mol. The van der Waals surface area contributed by atoms with Gasteiger partial charge in [-0.2, -0.15) is 5.10 Å². The Morgan fingerprint density at radius 1 is 1.19 bits per heavy atom. The third-order valence-corrected chi connectivity index (χ3v) is 5.42. The van der Waals surface area contributed by atoms with Crippen molar-refractivity contribution in [3.05, 3.63) is 68.7 Å². The number of nitrogens with zero attached hydrogens (tertiary/aromatic N) is 4. The van der Waals surface area contributed by atoms with Crippen LogP contribution in [0.1, 0.15) is 23.3 Å². The summed E-state index contributed by atoms with van der Waals surface area (Å²) in [6.45, 7) is 7.24. The summed E-state index contributed by atoms with van der Waals surface area (Å²) >= 11 is 1.55. The predicted molar refractivity (Wildman–Crippen MR) is 107 cm³/mol. The highest BCUT2D eigenvalue weighted by molar-refractivity contribution is 7.09. The zero-order valence-corrected chi connectivity index (χ0v) is 16.3. The van der Waals surface area contributed by atoms with E-state index in [2.05, 4.69) is 17.0 Å². The minimum absolute atomic E-state index is 0.136. The van der Waals surface area contributed by atoms with Gasteiger partial charge in [0.2, 0.25) is 0 Å². The first kappa shape index (κ1) is 17.5. The van der Waals surface area contributed by atoms with E-state index in [1.165, 1.54) is 6.07 Å². The minimum atomic E-state index is -0.136. The van der Waals surface area contributed by atoms with Gasteiger partial charge in [-0.1, -0.05) is 0 Å². The maximum atomic E-state index is 12.6. The van der Waals surface area contributed by atoms with Gasteiger partial charge in [-0.3, -0.25) is 14.0 Å². The van der Waals surface area contributed by atoms with Crippen LogP contribution < -0.4 is 10.3 Å². The van der Waals surface area contributed by atoms with Crippen molar-refractivity contribution >= 4 is 22.2 Å². The number of rotatable bonds is 5. The monoisotopic (exact) mass is 380 g/mol. The molecule has 0 spiro atoms. The summed E-state index contributed by atoms with van der Waals surface area (Å²) in [5.41, 5.74) is 3.69. The topological polar surface area (TPSA) is 61.9 Å². The highest BCUT2D eigenvalue weighted by atomic mass is 32.1. The van der Waals surface area contributed by atoms with Crippen molar-refractivity contribution in [3.63, 3.8) is 0 Å². The van der Waals surface area contributed by atoms with E-state index in [-0.39, 0.29) is 5.56 Å². The molecular weight excluding hydrogens is 360 g/mol. The largest absolute Gasteiger partial charge is 0.486 e. The van der Waals surface area contributed by atoms with Crippen LogP contribution in [-0.2, 0) is 13.2 Å². The number of fused-ring (bicyclic) bond motifs is 1. The number of aryl methyl sites for hydroxylation is 3. The third-order valence-electron chi connectivity index (χ3n) is 4.48. The Labute approximate surface area is 160 Å². The van der Waals surface area contributed by atoms with Crippen LogP contribution in [0.5, 0.6) is 5.75 Å². The van der Waals surface area contributed by atoms with Gasteiger partial charge in [0.15, 0.2) is 0 Å². The van der Waals surface area contributed by atoms with Crippen LogP contribution in [-0.4, -0.2) is 19.3 Å². The van der Waals surface area contributed by atoms with Gasteiger partial charge in [-0.15, -0.1) is 11.3 Å². The summed E-state index contributed by atoms with van der Waals surface area (Å²) in [6, 6.07) is 9.17. The molecule has 0 aliphatic heterocycles. The molecular formula is C20H20N4O2S. The number of benzene rings is 1. The molecule has 0 radical (unpaired) electrons. The molecule has 3 aromatic heterocycles. The van der Waals surface area contributed by atoms with E-state index in [1.54, 1.807) is 28.2 Å². The fourth-order valence-corrected chi connectivity index (χ4v) is 3.76. The number of thiazole rings is 1. The first-order valence-corrected chi connectivity index (χ1v) is 9.67. The van der Waals surface area contributed by atoms with Crippen molar-refractivity contribution < 1.29 is 4.74 Å². The SMILES string of the molecule is CCn1nc2ccc(-n3ccc(OCc4nc(C)cs4)cc3=O)cc2c1C. The molecule has 0 N–H and O–H groups in total. The number of pyridine rings is 1. The van der Waals surface area contributed by atoms with Crippen molar-refractivity contribution in [2.75, 3.05) is 0 Å². The van der Waals surface area contributed by atoms with Crippen molar-refractivity contribution in [2.45, 2.75) is 33.9 Å². The minimum Gasteiger partial charge on any atom is -0.486 e. The summed E-state index contributed by atoms with van der Waals surface area (Å²) in [7, 11) is 0. The fourth-order valence-electron chi connectivity index (χ4n) is 3.08. The third kappa shape index (κ3) is 3.38. The lowest BCUT2D eigenvalue weighted by Gasteiger charge is -2.08. The second-order valence-electron chi connectivity index (χ2n) is 6.34. The number of hydrogen-bond donors (Lipinski definition) is 0. The van der Waals surface area contributed by atoms with Crippen LogP contribution in [0.15, 0.2) is 46.7 Å². The highest BCUT2D eigenvalue weighted by Gasteiger charge is 2.09. The lowest BCUT2D eigenvalue weighted by molar-refractivity contribution is 0.304. The second-order valence-corrected chi connectivity index (χ2v) is 7.29. The standard InChI is InChI=1S/C20H20N4O2S/c1-4-24-14(3)17-9-15(5-6-18(17)22-24)23-8-7-16(10-20(23)25)26-11-19-21-13(2)12-27-19/h5-10,12H,4,11H2,1-3H3. The van der Waals surface area contributed by atoms with Crippen LogP contribution in [0.3, 0.4) is 0 Å². The van der Waals surface area contributed by atoms with Crippen LogP contribution >= 0.6 is 11.3 Å². The van der Waals surface area contributed by atoms with E-state index in [4.69, 9.17) is 4.74 Å². The summed E-state index contributed by atoms with van der Waals surface area (Å²) in [5.74, 6) is 0.542. The summed E-state index contributed by atoms with van der Waals surface area (Å²) in [6.07, 6.45) is 1.74. The van der Waals surface area contributed by atoms with E-state index in [0.29, 0.717) is 12.4 Å². The average Bonchev–Trinajstić information content (AvgIpc) is 3.23. The molecule has 0 bridgehead atoms. The van der Waals surface area contributed by atoms with E-state index in [9.17, 15) is 4.79 Å². The van der Waals surface area contributed by atoms with Crippen molar-refractivity contribution in [3.8, 4) is 11.4 Å². The maximum Gasteiger partial charge on any atom is 0.258 e. The van der Waals surface area contributed by atoms with Crippen molar-refractivity contribution in [1.29, 1.82) is 0 Å². The van der Waals surface area contributed by atoms with Gasteiger partial charge in [0.1, 0.15) is 17.4 Å². The van der Waals surface area contributed by atoms with Gasteiger partial charge in [-0.05, 0) is 45.0 Å². The van der Waals surface area contributed by atoms with Crippen molar-refractivity contribution in [2.24, 2.45) is 0 Å². The summed E-state index contributed by atoms with van der Waals surface area (Å²) in [4.78, 5) is 16.9. The molecule has 3 heterocycles. The first-order valence-electron chi connectivity index (χ1n) is 8.79. The Kier molecular flexibility index (Phi) is 4.53. The second kappa shape index (κ2) is 7.00. The molecule has 0 atom stereocenters. The number of aromatic nitrogens is 4. The Morgan fingerprint density at radius 3 is 2.74 bits per heavy atom. The molecule has 0 saturated heterocycles. The molecule has 6 nitrogen and oxygen atoms in total. The van der Waals surface area contributed by atoms with E-state index in [0.717, 1.165) is 39.5 Å². The Hall–Kier alpha value is -2.93. The number of hydrogen-bond acceptors (Lipinski definition) is 5. The van der Waals surface area contributed by atoms with Gasteiger partial charge >= 0.3 is 0 Å². The molecule has 4 aromatic rings. The van der Waals surface area contributed by atoms with Crippen LogP contribution in [0.2, 0.25) is 0 Å². The van der Waals surface area contributed by atoms with Crippen LogP contribution in [0.25, 0.3) is 16.6 Å². The molecule has 4 rings (SSSR count). The first-order chi connectivity index (χ1) is 13.0. The molecule has 0 fully saturated rings. The Morgan fingerprint density at radius 2 is 2.04 bits per heavy atom. The highest BCUT2D eigenvalue weighted by Crippen LogP contribution is 2.21. The fraction of sp³-hybridized carbons (Fsp3) is 0.250. The van der Waals surface area contributed by atoms with Gasteiger partial charge in [0, 0.05) is 46.6 Å². The van der Waals surface area contributed by atoms with E-state index >= 15 is 0 Å². The van der Waals surface area contributed by atoms with Gasteiger partial charge in [-0.25, -0.2) is 4.98 Å². The summed E-state index contributed by atoms with van der Waals surface area (Å²) < 4.78 is 9.29. The molecule has 0 amide bonds. The van der Waals surface area contributed by atoms with E-state index < -0.39 is 0 Å². The zero-order valence-electron chi connectivity index (χ0n) is 15.5. The number of ether oxygens (including phenoxy) is 1. The predicted octanol–water partition coefficient (Wildman–Crippen LogP) is 3.86. The van der Waals surface area contributed by atoms with Crippen molar-refractivity contribution in [1.82, 2.24) is 19.3 Å². The van der Waals surface area contributed by atoms with Gasteiger partial charge in [0.05, 0.1) is 5.52 Å². The van der Waals surface area contributed by atoms with Crippen LogP contribution in [0, 0.1) is 13.8 Å². The zero-order chi connectivity index (χ0) is 19.0. The van der Waals surface area contributed by atoms with E-state index in [1.807, 2.05) is 42.1 Å². The Bertz CT molecular complexity index is 1170. The molecule has 7 heteroatoms. The molecule has 0 aliphatic rings. The Balaban J connectivity index is 1.61. The normalized spacial score (nSPS) is 11.2. The quantitative estimate of drug-likeness (QED) is 0.527. The lowest BCUT2D eigenvalue weighted by Crippen LogP contribution is -2.16. The van der Waals surface area contributed by atoms with Gasteiger partial charge < -0.3 is 4.74 Å².